The summed E-state index contributed by atoms with van der Waals surface area (Å²) in [5, 5.41) is 12.0. The number of aromatic nitrogens is 3. The van der Waals surface area contributed by atoms with Crippen molar-refractivity contribution in [3.05, 3.63) is 30.3 Å². The van der Waals surface area contributed by atoms with Gasteiger partial charge in [-0.1, -0.05) is 30.0 Å². The predicted octanol–water partition coefficient (Wildman–Crippen LogP) is 0.939. The SMILES string of the molecule is Cn1c(SCC(=O)NCCOc2ccccc2)nnc1N1CCOCC1. The number of thioether (sulfide) groups is 1. The van der Waals surface area contributed by atoms with Crippen molar-refractivity contribution in [3.63, 3.8) is 0 Å². The molecule has 0 bridgehead atoms. The Bertz CT molecular complexity index is 704. The van der Waals surface area contributed by atoms with Crippen molar-refractivity contribution in [1.29, 1.82) is 0 Å². The van der Waals surface area contributed by atoms with E-state index in [-0.39, 0.29) is 5.91 Å². The Morgan fingerprint density at radius 3 is 2.81 bits per heavy atom. The van der Waals surface area contributed by atoms with Crippen LogP contribution in [0, 0.1) is 0 Å². The minimum Gasteiger partial charge on any atom is -0.492 e. The number of amides is 1. The maximum atomic E-state index is 12.0. The van der Waals surface area contributed by atoms with E-state index in [9.17, 15) is 4.79 Å². The van der Waals surface area contributed by atoms with Crippen LogP contribution in [0.15, 0.2) is 35.5 Å². The number of ether oxygens (including phenoxy) is 2. The highest BCUT2D eigenvalue weighted by Crippen LogP contribution is 2.20. The second kappa shape index (κ2) is 9.44. The normalized spacial score (nSPS) is 14.3. The van der Waals surface area contributed by atoms with Crippen molar-refractivity contribution in [2.45, 2.75) is 5.16 Å². The van der Waals surface area contributed by atoms with Gasteiger partial charge in [0.1, 0.15) is 12.4 Å². The molecule has 26 heavy (non-hydrogen) atoms. The van der Waals surface area contributed by atoms with Gasteiger partial charge in [-0.15, -0.1) is 10.2 Å². The molecule has 1 aliphatic rings. The number of nitrogens with one attached hydrogen (secondary N) is 1. The third kappa shape index (κ3) is 5.12. The van der Waals surface area contributed by atoms with Crippen LogP contribution in [0.2, 0.25) is 0 Å². The number of hydrogen-bond acceptors (Lipinski definition) is 7. The number of benzene rings is 1. The molecule has 0 unspecified atom stereocenters. The molecule has 0 spiro atoms. The van der Waals surface area contributed by atoms with Gasteiger partial charge >= 0.3 is 0 Å². The van der Waals surface area contributed by atoms with Gasteiger partial charge in [0.05, 0.1) is 25.5 Å². The topological polar surface area (TPSA) is 81.5 Å². The molecule has 1 aliphatic heterocycles. The molecule has 3 rings (SSSR count). The molecule has 1 fully saturated rings. The molecule has 1 aromatic carbocycles. The van der Waals surface area contributed by atoms with Crippen molar-refractivity contribution in [2.24, 2.45) is 7.05 Å². The first-order valence-electron chi connectivity index (χ1n) is 8.53. The first-order valence-corrected chi connectivity index (χ1v) is 9.52. The molecular formula is C17H23N5O3S. The van der Waals surface area contributed by atoms with Gasteiger partial charge in [-0.25, -0.2) is 0 Å². The summed E-state index contributed by atoms with van der Waals surface area (Å²) in [7, 11) is 1.92. The lowest BCUT2D eigenvalue weighted by Crippen LogP contribution is -2.37. The molecule has 0 aliphatic carbocycles. The average molecular weight is 377 g/mol. The molecular weight excluding hydrogens is 354 g/mol. The van der Waals surface area contributed by atoms with Crippen LogP contribution in [-0.2, 0) is 16.6 Å². The zero-order chi connectivity index (χ0) is 18.2. The van der Waals surface area contributed by atoms with Gasteiger partial charge in [-0.05, 0) is 12.1 Å². The molecule has 1 N–H and O–H groups in total. The fourth-order valence-corrected chi connectivity index (χ4v) is 3.26. The minimum absolute atomic E-state index is 0.0532. The number of rotatable bonds is 8. The van der Waals surface area contributed by atoms with E-state index < -0.39 is 0 Å². The van der Waals surface area contributed by atoms with E-state index in [0.717, 1.165) is 29.9 Å². The summed E-state index contributed by atoms with van der Waals surface area (Å²) < 4.78 is 12.8. The zero-order valence-corrected chi connectivity index (χ0v) is 15.6. The lowest BCUT2D eigenvalue weighted by molar-refractivity contribution is -0.118. The molecule has 1 saturated heterocycles. The second-order valence-corrected chi connectivity index (χ2v) is 6.68. The summed E-state index contributed by atoms with van der Waals surface area (Å²) in [4.78, 5) is 14.1. The van der Waals surface area contributed by atoms with E-state index in [1.165, 1.54) is 11.8 Å². The Morgan fingerprint density at radius 1 is 1.27 bits per heavy atom. The van der Waals surface area contributed by atoms with Crippen molar-refractivity contribution in [2.75, 3.05) is 50.1 Å². The van der Waals surface area contributed by atoms with Crippen LogP contribution in [0.5, 0.6) is 5.75 Å². The number of morpholine rings is 1. The van der Waals surface area contributed by atoms with Crippen LogP contribution in [0.4, 0.5) is 5.95 Å². The van der Waals surface area contributed by atoms with Gasteiger partial charge < -0.3 is 19.7 Å². The molecule has 0 saturated carbocycles. The smallest absolute Gasteiger partial charge is 0.230 e. The van der Waals surface area contributed by atoms with Crippen LogP contribution in [-0.4, -0.2) is 65.9 Å². The van der Waals surface area contributed by atoms with Crippen molar-refractivity contribution in [3.8, 4) is 5.75 Å². The highest BCUT2D eigenvalue weighted by molar-refractivity contribution is 7.99. The van der Waals surface area contributed by atoms with Crippen molar-refractivity contribution >= 4 is 23.6 Å². The van der Waals surface area contributed by atoms with Crippen molar-refractivity contribution < 1.29 is 14.3 Å². The minimum atomic E-state index is -0.0532. The Morgan fingerprint density at radius 2 is 2.04 bits per heavy atom. The molecule has 8 nitrogen and oxygen atoms in total. The number of nitrogens with zero attached hydrogens (tertiary/aromatic N) is 4. The first-order chi connectivity index (χ1) is 12.7. The Balaban J connectivity index is 1.38. The Kier molecular flexibility index (Phi) is 6.73. The number of carbonyl (C=O) groups is 1. The first kappa shape index (κ1) is 18.5. The predicted molar refractivity (Wildman–Crippen MR) is 99.7 cm³/mol. The van der Waals surface area contributed by atoms with Crippen molar-refractivity contribution in [1.82, 2.24) is 20.1 Å². The van der Waals surface area contributed by atoms with Gasteiger partial charge in [-0.2, -0.15) is 0 Å². The fourth-order valence-electron chi connectivity index (χ4n) is 2.53. The zero-order valence-electron chi connectivity index (χ0n) is 14.8. The van der Waals surface area contributed by atoms with Gasteiger partial charge in [0.2, 0.25) is 11.9 Å². The maximum Gasteiger partial charge on any atom is 0.230 e. The van der Waals surface area contributed by atoms with E-state index in [1.807, 2.05) is 41.9 Å². The molecule has 2 heterocycles. The molecule has 0 atom stereocenters. The van der Waals surface area contributed by atoms with Gasteiger partial charge in [0.15, 0.2) is 5.16 Å². The van der Waals surface area contributed by atoms with Gasteiger partial charge in [-0.3, -0.25) is 9.36 Å². The number of para-hydroxylation sites is 1. The van der Waals surface area contributed by atoms with Gasteiger partial charge in [0, 0.05) is 20.1 Å². The summed E-state index contributed by atoms with van der Waals surface area (Å²) in [5.41, 5.74) is 0. The van der Waals surface area contributed by atoms with E-state index in [1.54, 1.807) is 0 Å². The molecule has 140 valence electrons. The largest absolute Gasteiger partial charge is 0.492 e. The fraction of sp³-hybridized carbons (Fsp3) is 0.471. The van der Waals surface area contributed by atoms with E-state index in [0.29, 0.717) is 32.1 Å². The molecule has 0 radical (unpaired) electrons. The summed E-state index contributed by atoms with van der Waals surface area (Å²) in [6.07, 6.45) is 0. The quantitative estimate of drug-likeness (QED) is 0.542. The summed E-state index contributed by atoms with van der Waals surface area (Å²) in [6.45, 7) is 3.90. The van der Waals surface area contributed by atoms with E-state index in [2.05, 4.69) is 20.4 Å². The molecule has 1 amide bonds. The van der Waals surface area contributed by atoms with Crippen LogP contribution < -0.4 is 15.0 Å². The van der Waals surface area contributed by atoms with Crippen LogP contribution in [0.3, 0.4) is 0 Å². The lowest BCUT2D eigenvalue weighted by atomic mass is 10.3. The highest BCUT2D eigenvalue weighted by Gasteiger charge is 2.18. The number of hydrogen-bond donors (Lipinski definition) is 1. The third-order valence-electron chi connectivity index (χ3n) is 3.87. The average Bonchev–Trinajstić information content (AvgIpc) is 3.05. The maximum absolute atomic E-state index is 12.0. The van der Waals surface area contributed by atoms with E-state index >= 15 is 0 Å². The number of carbonyl (C=O) groups excluding carboxylic acids is 1. The monoisotopic (exact) mass is 377 g/mol. The van der Waals surface area contributed by atoms with Crippen LogP contribution in [0.25, 0.3) is 0 Å². The molecule has 2 aromatic rings. The highest BCUT2D eigenvalue weighted by atomic mass is 32.2. The van der Waals surface area contributed by atoms with Crippen LogP contribution >= 0.6 is 11.8 Å². The molecule has 9 heteroatoms. The third-order valence-corrected chi connectivity index (χ3v) is 4.89. The van der Waals surface area contributed by atoms with Crippen LogP contribution in [0.1, 0.15) is 0 Å². The second-order valence-electron chi connectivity index (χ2n) is 5.74. The Hall–Kier alpha value is -2.26. The summed E-state index contributed by atoms with van der Waals surface area (Å²) in [6, 6.07) is 9.53. The van der Waals surface area contributed by atoms with E-state index in [4.69, 9.17) is 9.47 Å². The lowest BCUT2D eigenvalue weighted by Gasteiger charge is -2.27. The summed E-state index contributed by atoms with van der Waals surface area (Å²) in [5.74, 6) is 1.85. The number of anilines is 1. The molecule has 1 aromatic heterocycles. The standard InChI is InChI=1S/C17H23N5O3S/c1-21-16(22-8-11-24-12-9-22)19-20-17(21)26-13-15(23)18-7-10-25-14-5-3-2-4-6-14/h2-6H,7-13H2,1H3,(H,18,23). The Labute approximate surface area is 156 Å². The van der Waals surface area contributed by atoms with Gasteiger partial charge in [0.25, 0.3) is 0 Å². The summed E-state index contributed by atoms with van der Waals surface area (Å²) >= 11 is 1.37.